The summed E-state index contributed by atoms with van der Waals surface area (Å²) in [5, 5.41) is 6.34. The van der Waals surface area contributed by atoms with Crippen molar-refractivity contribution in [3.8, 4) is 0 Å². The molecule has 1 aromatic rings. The number of carbonyl (C=O) groups is 1. The second-order valence-electron chi connectivity index (χ2n) is 4.20. The van der Waals surface area contributed by atoms with Gasteiger partial charge in [0.1, 0.15) is 0 Å². The van der Waals surface area contributed by atoms with Gasteiger partial charge in [-0.2, -0.15) is 0 Å². The Morgan fingerprint density at radius 2 is 2.24 bits per heavy atom. The maximum absolute atomic E-state index is 11.6. The Morgan fingerprint density at radius 3 is 2.94 bits per heavy atom. The third kappa shape index (κ3) is 4.40. The molecule has 2 rings (SSSR count). The molecule has 1 aliphatic heterocycles. The van der Waals surface area contributed by atoms with Gasteiger partial charge in [-0.05, 0) is 31.5 Å². The molecule has 1 aromatic carbocycles. The highest BCUT2D eigenvalue weighted by Crippen LogP contribution is 2.16. The van der Waals surface area contributed by atoms with Crippen LogP contribution in [0, 0.1) is 0 Å². The number of nitrogens with one attached hydrogen (secondary N) is 2. The Balaban J connectivity index is 1.64. The monoisotopic (exact) mass is 250 g/mol. The molecule has 0 saturated carbocycles. The van der Waals surface area contributed by atoms with Gasteiger partial charge in [0.25, 0.3) is 0 Å². The summed E-state index contributed by atoms with van der Waals surface area (Å²) in [7, 11) is 0. The number of thioether (sulfide) groups is 1. The largest absolute Gasteiger partial charge is 0.354 e. The number of benzene rings is 1. The van der Waals surface area contributed by atoms with E-state index in [0.717, 1.165) is 18.0 Å². The van der Waals surface area contributed by atoms with Crippen molar-refractivity contribution < 1.29 is 4.79 Å². The Bertz CT molecular complexity index is 350. The van der Waals surface area contributed by atoms with Crippen LogP contribution >= 0.6 is 11.8 Å². The first-order chi connectivity index (χ1) is 8.34. The van der Waals surface area contributed by atoms with Crippen molar-refractivity contribution in [3.05, 3.63) is 30.3 Å². The summed E-state index contributed by atoms with van der Waals surface area (Å²) in [6.45, 7) is 1.84. The molecule has 1 fully saturated rings. The Hall–Kier alpha value is -1.00. The minimum Gasteiger partial charge on any atom is -0.354 e. The van der Waals surface area contributed by atoms with Crippen LogP contribution in [0.1, 0.15) is 12.8 Å². The summed E-state index contributed by atoms with van der Waals surface area (Å²) in [5.74, 6) is 0.615. The van der Waals surface area contributed by atoms with Gasteiger partial charge in [-0.1, -0.05) is 18.2 Å². The smallest absolute Gasteiger partial charge is 0.230 e. The van der Waals surface area contributed by atoms with E-state index in [1.807, 2.05) is 30.3 Å². The van der Waals surface area contributed by atoms with E-state index in [9.17, 15) is 4.79 Å². The lowest BCUT2D eigenvalue weighted by molar-refractivity contribution is -0.118. The van der Waals surface area contributed by atoms with Crippen LogP contribution in [0.25, 0.3) is 0 Å². The van der Waals surface area contributed by atoms with E-state index in [0.29, 0.717) is 11.8 Å². The van der Waals surface area contributed by atoms with Crippen LogP contribution in [-0.4, -0.2) is 30.8 Å². The molecule has 0 aromatic heterocycles. The van der Waals surface area contributed by atoms with Crippen molar-refractivity contribution >= 4 is 17.7 Å². The second kappa shape index (κ2) is 6.67. The fourth-order valence-corrected chi connectivity index (χ4v) is 2.63. The average Bonchev–Trinajstić information content (AvgIpc) is 2.88. The van der Waals surface area contributed by atoms with E-state index in [1.165, 1.54) is 12.8 Å². The summed E-state index contributed by atoms with van der Waals surface area (Å²) in [4.78, 5) is 12.8. The van der Waals surface area contributed by atoms with Gasteiger partial charge >= 0.3 is 0 Å². The molecular weight excluding hydrogens is 232 g/mol. The molecule has 2 N–H and O–H groups in total. The first-order valence-electron chi connectivity index (χ1n) is 6.02. The zero-order chi connectivity index (χ0) is 11.9. The highest BCUT2D eigenvalue weighted by Gasteiger charge is 2.14. The fourth-order valence-electron chi connectivity index (χ4n) is 1.88. The summed E-state index contributed by atoms with van der Waals surface area (Å²) >= 11 is 1.58. The van der Waals surface area contributed by atoms with E-state index < -0.39 is 0 Å². The number of hydrogen-bond acceptors (Lipinski definition) is 3. The van der Waals surface area contributed by atoms with Crippen molar-refractivity contribution in [1.82, 2.24) is 10.6 Å². The molecule has 0 radical (unpaired) electrons. The minimum absolute atomic E-state index is 0.118. The van der Waals surface area contributed by atoms with Gasteiger partial charge < -0.3 is 10.6 Å². The third-order valence-electron chi connectivity index (χ3n) is 2.82. The maximum atomic E-state index is 11.6. The molecule has 1 aliphatic rings. The van der Waals surface area contributed by atoms with Crippen molar-refractivity contribution in [2.45, 2.75) is 23.8 Å². The molecule has 0 aliphatic carbocycles. The van der Waals surface area contributed by atoms with E-state index in [2.05, 4.69) is 10.6 Å². The van der Waals surface area contributed by atoms with Crippen LogP contribution in [0.2, 0.25) is 0 Å². The molecule has 4 heteroatoms. The Morgan fingerprint density at radius 1 is 1.41 bits per heavy atom. The molecule has 3 nitrogen and oxygen atoms in total. The lowest BCUT2D eigenvalue weighted by Gasteiger charge is -2.11. The SMILES string of the molecule is O=C(CSc1ccccc1)NCC1CCCN1. The van der Waals surface area contributed by atoms with Crippen molar-refractivity contribution in [3.63, 3.8) is 0 Å². The zero-order valence-corrected chi connectivity index (χ0v) is 10.6. The first-order valence-corrected chi connectivity index (χ1v) is 7.01. The van der Waals surface area contributed by atoms with Crippen LogP contribution in [0.5, 0.6) is 0 Å². The molecule has 17 heavy (non-hydrogen) atoms. The molecule has 1 saturated heterocycles. The van der Waals surface area contributed by atoms with Gasteiger partial charge in [-0.15, -0.1) is 11.8 Å². The highest BCUT2D eigenvalue weighted by molar-refractivity contribution is 8.00. The fraction of sp³-hybridized carbons (Fsp3) is 0.462. The number of hydrogen-bond donors (Lipinski definition) is 2. The predicted octanol–water partition coefficient (Wildman–Crippen LogP) is 1.65. The number of rotatable bonds is 5. The topological polar surface area (TPSA) is 41.1 Å². The van der Waals surface area contributed by atoms with Crippen molar-refractivity contribution in [2.75, 3.05) is 18.8 Å². The van der Waals surface area contributed by atoms with Gasteiger partial charge in [0, 0.05) is 17.5 Å². The normalized spacial score (nSPS) is 19.2. The van der Waals surface area contributed by atoms with Gasteiger partial charge in [0.15, 0.2) is 0 Å². The lowest BCUT2D eigenvalue weighted by atomic mass is 10.2. The highest BCUT2D eigenvalue weighted by atomic mass is 32.2. The molecule has 1 amide bonds. The van der Waals surface area contributed by atoms with Crippen molar-refractivity contribution in [1.29, 1.82) is 0 Å². The van der Waals surface area contributed by atoms with Gasteiger partial charge in [-0.3, -0.25) is 4.79 Å². The quantitative estimate of drug-likeness (QED) is 0.781. The Kier molecular flexibility index (Phi) is 4.88. The number of amides is 1. The standard InChI is InChI=1S/C13H18N2OS/c16-13(15-9-11-5-4-8-14-11)10-17-12-6-2-1-3-7-12/h1-3,6-7,11,14H,4-5,8-10H2,(H,15,16). The Labute approximate surface area is 106 Å². The van der Waals surface area contributed by atoms with Gasteiger partial charge in [0.2, 0.25) is 5.91 Å². The van der Waals surface area contributed by atoms with Crippen molar-refractivity contribution in [2.24, 2.45) is 0 Å². The second-order valence-corrected chi connectivity index (χ2v) is 5.25. The van der Waals surface area contributed by atoms with Crippen LogP contribution in [0.15, 0.2) is 35.2 Å². The average molecular weight is 250 g/mol. The summed E-state index contributed by atoms with van der Waals surface area (Å²) in [6, 6.07) is 10.5. The summed E-state index contributed by atoms with van der Waals surface area (Å²) in [6.07, 6.45) is 2.39. The third-order valence-corrected chi connectivity index (χ3v) is 3.83. The first kappa shape index (κ1) is 12.5. The summed E-state index contributed by atoms with van der Waals surface area (Å²) < 4.78 is 0. The number of carbonyl (C=O) groups excluding carboxylic acids is 1. The van der Waals surface area contributed by atoms with E-state index in [-0.39, 0.29) is 5.91 Å². The molecule has 1 atom stereocenters. The predicted molar refractivity (Wildman–Crippen MR) is 71.2 cm³/mol. The van der Waals surface area contributed by atoms with Crippen LogP contribution in [0.4, 0.5) is 0 Å². The maximum Gasteiger partial charge on any atom is 0.230 e. The minimum atomic E-state index is 0.118. The van der Waals surface area contributed by atoms with Gasteiger partial charge in [0.05, 0.1) is 5.75 Å². The molecule has 0 bridgehead atoms. The van der Waals surface area contributed by atoms with E-state index >= 15 is 0 Å². The molecule has 0 spiro atoms. The molecular formula is C13H18N2OS. The zero-order valence-electron chi connectivity index (χ0n) is 9.82. The van der Waals surface area contributed by atoms with E-state index in [1.54, 1.807) is 11.8 Å². The molecule has 1 heterocycles. The van der Waals surface area contributed by atoms with Crippen LogP contribution < -0.4 is 10.6 Å². The van der Waals surface area contributed by atoms with Gasteiger partial charge in [-0.25, -0.2) is 0 Å². The van der Waals surface area contributed by atoms with Crippen LogP contribution in [-0.2, 0) is 4.79 Å². The molecule has 1 unspecified atom stereocenters. The summed E-state index contributed by atoms with van der Waals surface area (Å²) in [5.41, 5.74) is 0. The lowest BCUT2D eigenvalue weighted by Crippen LogP contribution is -2.37. The molecule has 92 valence electrons. The van der Waals surface area contributed by atoms with Crippen LogP contribution in [0.3, 0.4) is 0 Å². The van der Waals surface area contributed by atoms with E-state index in [4.69, 9.17) is 0 Å².